The van der Waals surface area contributed by atoms with Crippen LogP contribution < -0.4 is 0 Å². The predicted octanol–water partition coefficient (Wildman–Crippen LogP) is 11.9. The molecule has 5 aromatic carbocycles. The molecule has 11 rings (SSSR count). The number of hydrogen-bond donors (Lipinski definition) is 0. The van der Waals surface area contributed by atoms with Crippen molar-refractivity contribution in [3.8, 4) is 28.1 Å². The van der Waals surface area contributed by atoms with Crippen LogP contribution >= 0.6 is 0 Å². The van der Waals surface area contributed by atoms with Crippen molar-refractivity contribution < 1.29 is 0 Å². The molecule has 0 unspecified atom stereocenters. The lowest BCUT2D eigenvalue weighted by atomic mass is 9.85. The van der Waals surface area contributed by atoms with Gasteiger partial charge in [-0.25, -0.2) is 15.0 Å². The standard InChI is InChI=1S/C47H31N5/c1-2-12-32(13-3-1)51-41-23-21-30(28-39(41)37-18-10-26-49-46(37)51)44-33-14-4-6-16-35(33)45(36-17-7-5-15-34(36)44)31-22-24-42-40(29-31)38-19-11-27-50-47(38)52(42)43-20-8-9-25-48-43/h1-2,4-12,14-29H,3,13H2. The van der Waals surface area contributed by atoms with Crippen LogP contribution in [0.1, 0.15) is 12.8 Å². The Morgan fingerprint density at radius 1 is 0.442 bits per heavy atom. The van der Waals surface area contributed by atoms with E-state index in [0.717, 1.165) is 46.2 Å². The van der Waals surface area contributed by atoms with E-state index in [0.29, 0.717) is 0 Å². The maximum atomic E-state index is 4.89. The molecule has 10 aromatic rings. The minimum atomic E-state index is 0.859. The van der Waals surface area contributed by atoms with Gasteiger partial charge < -0.3 is 0 Å². The van der Waals surface area contributed by atoms with Crippen LogP contribution in [0.25, 0.3) is 99.2 Å². The number of benzene rings is 5. The largest absolute Gasteiger partial charge is 0.298 e. The SMILES string of the molecule is C1=CCCC(n2c3ccc(-c4c5ccccc5c(-c5ccc6c(c5)c5cccnc5n6-c5ccccn5)c5ccccc45)cc3c3cccnc32)=C1. The fourth-order valence-corrected chi connectivity index (χ4v) is 8.54. The minimum absolute atomic E-state index is 0.859. The zero-order chi connectivity index (χ0) is 34.2. The molecule has 0 bridgehead atoms. The quantitative estimate of drug-likeness (QED) is 0.176. The summed E-state index contributed by atoms with van der Waals surface area (Å²) in [5.74, 6) is 0.859. The van der Waals surface area contributed by atoms with Crippen LogP contribution in [0.5, 0.6) is 0 Å². The van der Waals surface area contributed by atoms with Crippen LogP contribution in [0.3, 0.4) is 0 Å². The van der Waals surface area contributed by atoms with E-state index in [-0.39, 0.29) is 0 Å². The molecule has 0 fully saturated rings. The first kappa shape index (κ1) is 28.9. The molecular formula is C47H31N5. The number of fused-ring (bicyclic) bond motifs is 8. The third-order valence-electron chi connectivity index (χ3n) is 10.7. The van der Waals surface area contributed by atoms with Gasteiger partial charge in [-0.15, -0.1) is 0 Å². The number of rotatable bonds is 4. The van der Waals surface area contributed by atoms with Gasteiger partial charge in [0.25, 0.3) is 0 Å². The van der Waals surface area contributed by atoms with E-state index in [2.05, 4.69) is 124 Å². The van der Waals surface area contributed by atoms with E-state index in [1.54, 1.807) is 0 Å². The van der Waals surface area contributed by atoms with Crippen molar-refractivity contribution in [1.29, 1.82) is 0 Å². The van der Waals surface area contributed by atoms with E-state index < -0.39 is 0 Å². The van der Waals surface area contributed by atoms with Crippen LogP contribution in [0.15, 0.2) is 164 Å². The summed E-state index contributed by atoms with van der Waals surface area (Å²) in [6.45, 7) is 0. The van der Waals surface area contributed by atoms with Crippen LogP contribution in [0, 0.1) is 0 Å². The van der Waals surface area contributed by atoms with Gasteiger partial charge in [-0.3, -0.25) is 9.13 Å². The Morgan fingerprint density at radius 2 is 0.962 bits per heavy atom. The summed E-state index contributed by atoms with van der Waals surface area (Å²) in [5.41, 5.74) is 10.3. The maximum Gasteiger partial charge on any atom is 0.146 e. The average Bonchev–Trinajstić information content (AvgIpc) is 3.73. The molecule has 52 heavy (non-hydrogen) atoms. The Balaban J connectivity index is 1.17. The maximum absolute atomic E-state index is 4.89. The Bertz CT molecular complexity index is 3070. The molecule has 5 nitrogen and oxygen atoms in total. The Labute approximate surface area is 299 Å². The summed E-state index contributed by atoms with van der Waals surface area (Å²) in [6, 6.07) is 46.0. The Morgan fingerprint density at radius 3 is 1.50 bits per heavy atom. The topological polar surface area (TPSA) is 48.5 Å². The molecule has 0 saturated heterocycles. The van der Waals surface area contributed by atoms with Gasteiger partial charge >= 0.3 is 0 Å². The average molecular weight is 666 g/mol. The summed E-state index contributed by atoms with van der Waals surface area (Å²) >= 11 is 0. The van der Waals surface area contributed by atoms with Gasteiger partial charge in [0.15, 0.2) is 0 Å². The summed E-state index contributed by atoms with van der Waals surface area (Å²) in [5, 5.41) is 9.57. The third kappa shape index (κ3) is 4.20. The molecule has 1 aliphatic carbocycles. The fraction of sp³-hybridized carbons (Fsp3) is 0.0426. The van der Waals surface area contributed by atoms with Gasteiger partial charge in [-0.05, 0) is 123 Å². The number of aromatic nitrogens is 5. The molecule has 0 radical (unpaired) electrons. The van der Waals surface area contributed by atoms with Gasteiger partial charge in [0.05, 0.1) is 11.0 Å². The molecule has 244 valence electrons. The second kappa shape index (κ2) is 11.3. The zero-order valence-corrected chi connectivity index (χ0v) is 28.2. The second-order valence-corrected chi connectivity index (χ2v) is 13.5. The van der Waals surface area contributed by atoms with Crippen molar-refractivity contribution in [2.45, 2.75) is 12.8 Å². The number of hydrogen-bond acceptors (Lipinski definition) is 3. The molecule has 0 N–H and O–H groups in total. The molecule has 5 heterocycles. The first-order valence-electron chi connectivity index (χ1n) is 17.8. The van der Waals surface area contributed by atoms with Gasteiger partial charge in [0.1, 0.15) is 17.1 Å². The lowest BCUT2D eigenvalue weighted by Gasteiger charge is -2.18. The molecule has 0 amide bonds. The highest BCUT2D eigenvalue weighted by atomic mass is 15.1. The third-order valence-corrected chi connectivity index (χ3v) is 10.7. The van der Waals surface area contributed by atoms with Crippen molar-refractivity contribution >= 4 is 71.1 Å². The number of nitrogens with zero attached hydrogens (tertiary/aromatic N) is 5. The van der Waals surface area contributed by atoms with Gasteiger partial charge in [0.2, 0.25) is 0 Å². The van der Waals surface area contributed by atoms with Gasteiger partial charge in [-0.1, -0.05) is 78.9 Å². The monoisotopic (exact) mass is 665 g/mol. The summed E-state index contributed by atoms with van der Waals surface area (Å²) < 4.78 is 4.52. The van der Waals surface area contributed by atoms with Crippen LogP contribution in [0.4, 0.5) is 0 Å². The van der Waals surface area contributed by atoms with E-state index in [9.17, 15) is 0 Å². The normalized spacial score (nSPS) is 13.3. The van der Waals surface area contributed by atoms with Gasteiger partial charge in [0, 0.05) is 45.8 Å². The zero-order valence-electron chi connectivity index (χ0n) is 28.2. The molecule has 0 saturated carbocycles. The Kier molecular flexibility index (Phi) is 6.31. The van der Waals surface area contributed by atoms with Crippen LogP contribution in [0.2, 0.25) is 0 Å². The smallest absolute Gasteiger partial charge is 0.146 e. The van der Waals surface area contributed by atoms with Crippen molar-refractivity contribution in [3.63, 3.8) is 0 Å². The van der Waals surface area contributed by atoms with Crippen LogP contribution in [-0.4, -0.2) is 24.1 Å². The number of pyridine rings is 3. The molecule has 0 atom stereocenters. The minimum Gasteiger partial charge on any atom is -0.298 e. The highest BCUT2D eigenvalue weighted by Gasteiger charge is 2.21. The first-order chi connectivity index (χ1) is 25.8. The van der Waals surface area contributed by atoms with Crippen molar-refractivity contribution in [1.82, 2.24) is 24.1 Å². The van der Waals surface area contributed by atoms with E-state index in [1.807, 2.05) is 48.9 Å². The van der Waals surface area contributed by atoms with E-state index >= 15 is 0 Å². The van der Waals surface area contributed by atoms with Crippen LogP contribution in [-0.2, 0) is 0 Å². The molecule has 0 aliphatic heterocycles. The summed E-state index contributed by atoms with van der Waals surface area (Å²) in [6.07, 6.45) is 14.3. The summed E-state index contributed by atoms with van der Waals surface area (Å²) in [7, 11) is 0. The fourth-order valence-electron chi connectivity index (χ4n) is 8.54. The lowest BCUT2D eigenvalue weighted by molar-refractivity contribution is 0.971. The number of allylic oxidation sites excluding steroid dienone is 4. The molecular weight excluding hydrogens is 635 g/mol. The Hall–Kier alpha value is -6.85. The summed E-state index contributed by atoms with van der Waals surface area (Å²) in [4.78, 5) is 14.4. The molecule has 5 aromatic heterocycles. The molecule has 0 spiro atoms. The molecule has 5 heteroatoms. The highest BCUT2D eigenvalue weighted by Crippen LogP contribution is 2.46. The van der Waals surface area contributed by atoms with E-state index in [4.69, 9.17) is 15.0 Å². The lowest BCUT2D eigenvalue weighted by Crippen LogP contribution is -1.99. The predicted molar refractivity (Wildman–Crippen MR) is 216 cm³/mol. The van der Waals surface area contributed by atoms with E-state index in [1.165, 1.54) is 65.8 Å². The van der Waals surface area contributed by atoms with Crippen molar-refractivity contribution in [2.24, 2.45) is 0 Å². The first-order valence-corrected chi connectivity index (χ1v) is 17.8. The van der Waals surface area contributed by atoms with Crippen molar-refractivity contribution in [3.05, 3.63) is 164 Å². The van der Waals surface area contributed by atoms with Crippen molar-refractivity contribution in [2.75, 3.05) is 0 Å². The second-order valence-electron chi connectivity index (χ2n) is 13.5. The van der Waals surface area contributed by atoms with Gasteiger partial charge in [-0.2, -0.15) is 0 Å². The molecule has 1 aliphatic rings. The highest BCUT2D eigenvalue weighted by molar-refractivity contribution is 6.23.